The summed E-state index contributed by atoms with van der Waals surface area (Å²) < 4.78 is 21.1. The Bertz CT molecular complexity index is 630. The lowest BCUT2D eigenvalue weighted by atomic mass is 9.89. The van der Waals surface area contributed by atoms with Crippen LogP contribution in [0, 0.1) is 11.7 Å². The maximum Gasteiger partial charge on any atom is 0.212 e. The Hall–Kier alpha value is -1.84. The van der Waals surface area contributed by atoms with E-state index in [1.165, 1.54) is 44.2 Å². The number of hydrogen-bond donors (Lipinski definition) is 0. The molecule has 0 aliphatic heterocycles. The molecule has 1 heterocycles. The van der Waals surface area contributed by atoms with E-state index in [0.717, 1.165) is 36.5 Å². The molecule has 24 heavy (non-hydrogen) atoms. The molecule has 1 fully saturated rings. The van der Waals surface area contributed by atoms with Crippen molar-refractivity contribution in [1.29, 1.82) is 0 Å². The first-order chi connectivity index (χ1) is 11.7. The van der Waals surface area contributed by atoms with Gasteiger partial charge in [-0.2, -0.15) is 5.10 Å². The summed E-state index contributed by atoms with van der Waals surface area (Å²) in [6, 6.07) is 8.55. The molecule has 0 unspecified atom stereocenters. The van der Waals surface area contributed by atoms with Gasteiger partial charge in [-0.15, -0.1) is 0 Å². The van der Waals surface area contributed by atoms with E-state index in [1.54, 1.807) is 12.1 Å². The zero-order valence-corrected chi connectivity index (χ0v) is 14.5. The summed E-state index contributed by atoms with van der Waals surface area (Å²) in [5, 5.41) is 4.75. The summed E-state index contributed by atoms with van der Waals surface area (Å²) in [6.45, 7) is 3.56. The molecule has 3 nitrogen and oxygen atoms in total. The monoisotopic (exact) mass is 330 g/mol. The number of benzene rings is 1. The third-order valence-corrected chi connectivity index (χ3v) is 4.76. The largest absolute Gasteiger partial charge is 0.473 e. The Balaban J connectivity index is 1.68. The van der Waals surface area contributed by atoms with Crippen LogP contribution in [-0.4, -0.2) is 9.78 Å². The minimum Gasteiger partial charge on any atom is -0.473 e. The fourth-order valence-electron chi connectivity index (χ4n) is 3.43. The molecule has 3 rings (SSSR count). The summed E-state index contributed by atoms with van der Waals surface area (Å²) in [7, 11) is 0. The van der Waals surface area contributed by atoms with Gasteiger partial charge < -0.3 is 4.74 Å². The molecule has 1 aliphatic rings. The van der Waals surface area contributed by atoms with Crippen LogP contribution in [0.2, 0.25) is 0 Å². The van der Waals surface area contributed by atoms with Gasteiger partial charge in [0, 0.05) is 12.6 Å². The van der Waals surface area contributed by atoms with Crippen LogP contribution in [0.1, 0.15) is 56.7 Å². The zero-order chi connectivity index (χ0) is 16.8. The van der Waals surface area contributed by atoms with Crippen LogP contribution in [0.3, 0.4) is 0 Å². The van der Waals surface area contributed by atoms with Gasteiger partial charge in [-0.25, -0.2) is 9.07 Å². The maximum absolute atomic E-state index is 13.0. The van der Waals surface area contributed by atoms with Gasteiger partial charge in [0.05, 0.1) is 5.69 Å². The van der Waals surface area contributed by atoms with Gasteiger partial charge in [-0.1, -0.05) is 44.7 Å². The highest BCUT2D eigenvalue weighted by atomic mass is 19.1. The lowest BCUT2D eigenvalue weighted by Gasteiger charge is -2.22. The van der Waals surface area contributed by atoms with E-state index >= 15 is 0 Å². The summed E-state index contributed by atoms with van der Waals surface area (Å²) in [4.78, 5) is 0. The van der Waals surface area contributed by atoms with Crippen LogP contribution in [-0.2, 0) is 19.6 Å². The summed E-state index contributed by atoms with van der Waals surface area (Å²) in [6.07, 6.45) is 8.67. The number of ether oxygens (including phenoxy) is 1. The second-order valence-electron chi connectivity index (χ2n) is 6.83. The van der Waals surface area contributed by atoms with Crippen molar-refractivity contribution < 1.29 is 9.13 Å². The quantitative estimate of drug-likeness (QED) is 0.703. The Morgan fingerprint density at radius 1 is 1.17 bits per heavy atom. The normalized spacial score (nSPS) is 15.6. The molecule has 0 spiro atoms. The number of aromatic nitrogens is 2. The molecule has 0 amide bonds. The lowest BCUT2D eigenvalue weighted by Crippen LogP contribution is -2.16. The minimum absolute atomic E-state index is 0.216. The Labute approximate surface area is 143 Å². The molecule has 0 bridgehead atoms. The van der Waals surface area contributed by atoms with E-state index in [4.69, 9.17) is 9.84 Å². The van der Waals surface area contributed by atoms with E-state index in [0.29, 0.717) is 12.5 Å². The van der Waals surface area contributed by atoms with E-state index in [1.807, 2.05) is 4.68 Å². The predicted octanol–water partition coefficient (Wildman–Crippen LogP) is 5.13. The second-order valence-corrected chi connectivity index (χ2v) is 6.83. The molecule has 0 N–H and O–H groups in total. The molecule has 0 atom stereocenters. The Morgan fingerprint density at radius 3 is 2.62 bits per heavy atom. The number of aryl methyl sites for hydroxylation is 1. The number of halogens is 1. The van der Waals surface area contributed by atoms with Crippen molar-refractivity contribution in [2.75, 3.05) is 0 Å². The van der Waals surface area contributed by atoms with Crippen molar-refractivity contribution in [2.24, 2.45) is 5.92 Å². The zero-order valence-electron chi connectivity index (χ0n) is 14.5. The van der Waals surface area contributed by atoms with Gasteiger partial charge in [0.2, 0.25) is 5.88 Å². The average Bonchev–Trinajstić information content (AvgIpc) is 2.97. The van der Waals surface area contributed by atoms with Crippen molar-refractivity contribution in [3.8, 4) is 5.88 Å². The lowest BCUT2D eigenvalue weighted by molar-refractivity contribution is 0.245. The fourth-order valence-corrected chi connectivity index (χ4v) is 3.43. The summed E-state index contributed by atoms with van der Waals surface area (Å²) >= 11 is 0. The summed E-state index contributed by atoms with van der Waals surface area (Å²) in [5.41, 5.74) is 2.07. The smallest absolute Gasteiger partial charge is 0.212 e. The van der Waals surface area contributed by atoms with Crippen LogP contribution in [0.4, 0.5) is 4.39 Å². The van der Waals surface area contributed by atoms with Gasteiger partial charge in [-0.3, -0.25) is 0 Å². The first-order valence-corrected chi connectivity index (χ1v) is 9.18. The van der Waals surface area contributed by atoms with E-state index in [-0.39, 0.29) is 5.82 Å². The van der Waals surface area contributed by atoms with Gasteiger partial charge >= 0.3 is 0 Å². The molecule has 1 aromatic carbocycles. The first-order valence-electron chi connectivity index (χ1n) is 9.18. The molecular formula is C20H27FN2O. The number of nitrogens with zero attached hydrogens (tertiary/aromatic N) is 2. The van der Waals surface area contributed by atoms with E-state index in [9.17, 15) is 4.39 Å². The van der Waals surface area contributed by atoms with E-state index in [2.05, 4.69) is 13.0 Å². The van der Waals surface area contributed by atoms with E-state index < -0.39 is 0 Å². The first kappa shape index (κ1) is 17.0. The SMILES string of the molecule is CCCc1cc(OCc2ccc(F)cc2)n(CC2CCCCC2)n1. The maximum atomic E-state index is 13.0. The molecule has 130 valence electrons. The topological polar surface area (TPSA) is 27.1 Å². The molecule has 4 heteroatoms. The highest BCUT2D eigenvalue weighted by Gasteiger charge is 2.17. The third kappa shape index (κ3) is 4.59. The summed E-state index contributed by atoms with van der Waals surface area (Å²) in [5.74, 6) is 1.33. The van der Waals surface area contributed by atoms with Crippen LogP contribution < -0.4 is 4.74 Å². The van der Waals surface area contributed by atoms with Crippen LogP contribution >= 0.6 is 0 Å². The standard InChI is InChI=1S/C20H27FN2O/c1-2-6-19-13-20(24-15-17-9-11-18(21)12-10-17)23(22-19)14-16-7-4-3-5-8-16/h9-13,16H,2-8,14-15H2,1H3. The van der Waals surface area contributed by atoms with Gasteiger partial charge in [0.25, 0.3) is 0 Å². The molecule has 1 aliphatic carbocycles. The van der Waals surface area contributed by atoms with Gasteiger partial charge in [0.1, 0.15) is 12.4 Å². The fraction of sp³-hybridized carbons (Fsp3) is 0.550. The molecule has 0 saturated heterocycles. The van der Waals surface area contributed by atoms with Gasteiger partial charge in [-0.05, 0) is 42.9 Å². The van der Waals surface area contributed by atoms with Crippen LogP contribution in [0.25, 0.3) is 0 Å². The van der Waals surface area contributed by atoms with Crippen molar-refractivity contribution in [3.05, 3.63) is 47.4 Å². The van der Waals surface area contributed by atoms with Crippen molar-refractivity contribution in [2.45, 2.75) is 65.0 Å². The Kier molecular flexibility index (Phi) is 5.89. The molecule has 1 saturated carbocycles. The molecule has 0 radical (unpaired) electrons. The highest BCUT2D eigenvalue weighted by molar-refractivity contribution is 5.19. The second kappa shape index (κ2) is 8.32. The van der Waals surface area contributed by atoms with Gasteiger partial charge in [0.15, 0.2) is 0 Å². The molecule has 1 aromatic heterocycles. The Morgan fingerprint density at radius 2 is 1.92 bits per heavy atom. The van der Waals surface area contributed by atoms with Crippen molar-refractivity contribution in [3.63, 3.8) is 0 Å². The van der Waals surface area contributed by atoms with Crippen LogP contribution in [0.5, 0.6) is 5.88 Å². The number of rotatable bonds is 7. The van der Waals surface area contributed by atoms with Crippen LogP contribution in [0.15, 0.2) is 30.3 Å². The van der Waals surface area contributed by atoms with Crippen molar-refractivity contribution >= 4 is 0 Å². The number of hydrogen-bond acceptors (Lipinski definition) is 2. The third-order valence-electron chi connectivity index (χ3n) is 4.76. The average molecular weight is 330 g/mol. The highest BCUT2D eigenvalue weighted by Crippen LogP contribution is 2.27. The molecular weight excluding hydrogens is 303 g/mol. The predicted molar refractivity (Wildman–Crippen MR) is 93.5 cm³/mol. The molecule has 2 aromatic rings. The minimum atomic E-state index is -0.216. The van der Waals surface area contributed by atoms with Crippen molar-refractivity contribution in [1.82, 2.24) is 9.78 Å².